The third-order valence-electron chi connectivity index (χ3n) is 4.15. The average Bonchev–Trinajstić information content (AvgIpc) is 2.40. The van der Waals surface area contributed by atoms with Gasteiger partial charge in [0, 0.05) is 19.0 Å². The van der Waals surface area contributed by atoms with Crippen molar-refractivity contribution >= 4 is 5.78 Å². The van der Waals surface area contributed by atoms with Crippen LogP contribution in [0, 0.1) is 17.6 Å². The van der Waals surface area contributed by atoms with Crippen molar-refractivity contribution in [3.8, 4) is 0 Å². The van der Waals surface area contributed by atoms with Gasteiger partial charge in [0.25, 0.3) is 0 Å². The summed E-state index contributed by atoms with van der Waals surface area (Å²) in [5.41, 5.74) is -0.136. The van der Waals surface area contributed by atoms with Gasteiger partial charge in [0.05, 0.1) is 5.56 Å². The van der Waals surface area contributed by atoms with Crippen LogP contribution in [0.2, 0.25) is 0 Å². The third kappa shape index (κ3) is 3.42. The van der Waals surface area contributed by atoms with E-state index in [0.717, 1.165) is 31.4 Å². The molecule has 4 heteroatoms. The lowest BCUT2D eigenvalue weighted by Gasteiger charge is -2.36. The van der Waals surface area contributed by atoms with Crippen LogP contribution in [-0.2, 0) is 0 Å². The fraction of sp³-hybridized carbons (Fsp3) is 0.562. The Morgan fingerprint density at radius 3 is 2.80 bits per heavy atom. The molecular formula is C16H21F2NO. The quantitative estimate of drug-likeness (QED) is 0.785. The summed E-state index contributed by atoms with van der Waals surface area (Å²) >= 11 is 0. The first-order valence-electron chi connectivity index (χ1n) is 7.20. The molecule has 0 saturated carbocycles. The van der Waals surface area contributed by atoms with Gasteiger partial charge in [-0.3, -0.25) is 4.79 Å². The minimum atomic E-state index is -1.03. The summed E-state index contributed by atoms with van der Waals surface area (Å²) in [5, 5.41) is 0. The van der Waals surface area contributed by atoms with Crippen molar-refractivity contribution in [2.75, 3.05) is 13.1 Å². The minimum Gasteiger partial charge on any atom is -0.300 e. The maximum atomic E-state index is 13.5. The molecule has 2 nitrogen and oxygen atoms in total. The highest BCUT2D eigenvalue weighted by Crippen LogP contribution is 2.22. The van der Waals surface area contributed by atoms with E-state index in [4.69, 9.17) is 0 Å². The van der Waals surface area contributed by atoms with Gasteiger partial charge in [0.2, 0.25) is 0 Å². The van der Waals surface area contributed by atoms with Crippen molar-refractivity contribution in [2.45, 2.75) is 39.2 Å². The molecule has 1 saturated heterocycles. The van der Waals surface area contributed by atoms with Crippen LogP contribution >= 0.6 is 0 Å². The third-order valence-corrected chi connectivity index (χ3v) is 4.15. The van der Waals surface area contributed by atoms with Crippen LogP contribution in [0.4, 0.5) is 8.78 Å². The number of rotatable bonds is 4. The SMILES string of the molecule is CC1CCN(CCC(=O)c2cccc(F)c2F)C(C)C1. The number of carbonyl (C=O) groups is 1. The van der Waals surface area contributed by atoms with E-state index >= 15 is 0 Å². The molecule has 1 aliphatic rings. The molecule has 1 fully saturated rings. The fourth-order valence-electron chi connectivity index (χ4n) is 2.89. The summed E-state index contributed by atoms with van der Waals surface area (Å²) in [6, 6.07) is 4.20. The maximum absolute atomic E-state index is 13.5. The molecule has 1 aromatic carbocycles. The molecule has 2 atom stereocenters. The van der Waals surface area contributed by atoms with Crippen LogP contribution < -0.4 is 0 Å². The molecule has 1 aromatic rings. The van der Waals surface area contributed by atoms with Crippen LogP contribution in [0.3, 0.4) is 0 Å². The number of Topliss-reactive ketones (excluding diaryl/α,β-unsaturated/α-hetero) is 1. The predicted octanol–water partition coefficient (Wildman–Crippen LogP) is 3.66. The highest BCUT2D eigenvalue weighted by Gasteiger charge is 2.23. The second-order valence-corrected chi connectivity index (χ2v) is 5.79. The van der Waals surface area contributed by atoms with Crippen molar-refractivity contribution < 1.29 is 13.6 Å². The molecule has 1 heterocycles. The molecule has 0 spiro atoms. The Morgan fingerprint density at radius 1 is 1.35 bits per heavy atom. The van der Waals surface area contributed by atoms with Gasteiger partial charge in [-0.15, -0.1) is 0 Å². The molecule has 0 amide bonds. The van der Waals surface area contributed by atoms with Gasteiger partial charge in [-0.1, -0.05) is 13.0 Å². The summed E-state index contributed by atoms with van der Waals surface area (Å²) < 4.78 is 26.6. The lowest BCUT2D eigenvalue weighted by Crippen LogP contribution is -2.41. The molecule has 0 bridgehead atoms. The summed E-state index contributed by atoms with van der Waals surface area (Å²) in [4.78, 5) is 14.3. The summed E-state index contributed by atoms with van der Waals surface area (Å²) in [6.07, 6.45) is 2.49. The molecule has 2 rings (SSSR count). The zero-order valence-electron chi connectivity index (χ0n) is 12.0. The number of hydrogen-bond donors (Lipinski definition) is 0. The number of halogens is 2. The van der Waals surface area contributed by atoms with Crippen molar-refractivity contribution in [3.05, 3.63) is 35.4 Å². The highest BCUT2D eigenvalue weighted by atomic mass is 19.2. The summed E-state index contributed by atoms with van der Waals surface area (Å²) in [7, 11) is 0. The topological polar surface area (TPSA) is 20.3 Å². The zero-order valence-corrected chi connectivity index (χ0v) is 12.0. The largest absolute Gasteiger partial charge is 0.300 e. The first-order valence-corrected chi connectivity index (χ1v) is 7.20. The van der Waals surface area contributed by atoms with Gasteiger partial charge in [-0.05, 0) is 44.4 Å². The summed E-state index contributed by atoms with van der Waals surface area (Å²) in [6.45, 7) is 5.98. The van der Waals surface area contributed by atoms with E-state index in [9.17, 15) is 13.6 Å². The number of piperidine rings is 1. The van der Waals surface area contributed by atoms with Crippen LogP contribution in [0.5, 0.6) is 0 Å². The van der Waals surface area contributed by atoms with Crippen LogP contribution in [-0.4, -0.2) is 29.8 Å². The molecule has 20 heavy (non-hydrogen) atoms. The zero-order chi connectivity index (χ0) is 14.7. The lowest BCUT2D eigenvalue weighted by atomic mass is 9.93. The predicted molar refractivity (Wildman–Crippen MR) is 74.7 cm³/mol. The van der Waals surface area contributed by atoms with E-state index < -0.39 is 11.6 Å². The van der Waals surface area contributed by atoms with E-state index in [1.54, 1.807) is 0 Å². The number of likely N-dealkylation sites (tertiary alicyclic amines) is 1. The minimum absolute atomic E-state index is 0.136. The Hall–Kier alpha value is -1.29. The van der Waals surface area contributed by atoms with Crippen molar-refractivity contribution in [1.29, 1.82) is 0 Å². The Labute approximate surface area is 118 Å². The van der Waals surface area contributed by atoms with Gasteiger partial charge in [0.15, 0.2) is 17.4 Å². The average molecular weight is 281 g/mol. The van der Waals surface area contributed by atoms with E-state index in [1.165, 1.54) is 12.1 Å². The Kier molecular flexibility index (Phi) is 4.86. The second-order valence-electron chi connectivity index (χ2n) is 5.79. The number of nitrogens with zero attached hydrogens (tertiary/aromatic N) is 1. The smallest absolute Gasteiger partial charge is 0.169 e. The Balaban J connectivity index is 1.94. The van der Waals surface area contributed by atoms with E-state index in [0.29, 0.717) is 12.6 Å². The molecule has 1 aliphatic heterocycles. The van der Waals surface area contributed by atoms with Crippen molar-refractivity contribution in [3.63, 3.8) is 0 Å². The van der Waals surface area contributed by atoms with Gasteiger partial charge < -0.3 is 4.90 Å². The molecule has 110 valence electrons. The highest BCUT2D eigenvalue weighted by molar-refractivity contribution is 5.96. The van der Waals surface area contributed by atoms with Crippen LogP contribution in [0.25, 0.3) is 0 Å². The Bertz CT molecular complexity index is 489. The van der Waals surface area contributed by atoms with Crippen molar-refractivity contribution in [2.24, 2.45) is 5.92 Å². The first-order chi connectivity index (χ1) is 9.49. The molecule has 0 aromatic heterocycles. The van der Waals surface area contributed by atoms with Gasteiger partial charge in [0.1, 0.15) is 0 Å². The molecule has 0 radical (unpaired) electrons. The molecule has 0 N–H and O–H groups in total. The van der Waals surface area contributed by atoms with E-state index in [1.807, 2.05) is 0 Å². The van der Waals surface area contributed by atoms with E-state index in [-0.39, 0.29) is 17.8 Å². The number of benzene rings is 1. The molecule has 2 unspecified atom stereocenters. The number of ketones is 1. The fourth-order valence-corrected chi connectivity index (χ4v) is 2.89. The van der Waals surface area contributed by atoms with Crippen LogP contribution in [0.1, 0.15) is 43.5 Å². The second kappa shape index (κ2) is 6.44. The number of carbonyl (C=O) groups excluding carboxylic acids is 1. The Morgan fingerprint density at radius 2 is 2.10 bits per heavy atom. The van der Waals surface area contributed by atoms with Crippen molar-refractivity contribution in [1.82, 2.24) is 4.90 Å². The van der Waals surface area contributed by atoms with Crippen LogP contribution in [0.15, 0.2) is 18.2 Å². The monoisotopic (exact) mass is 281 g/mol. The summed E-state index contributed by atoms with van der Waals surface area (Å²) in [5.74, 6) is -1.60. The van der Waals surface area contributed by atoms with E-state index in [2.05, 4.69) is 18.7 Å². The van der Waals surface area contributed by atoms with Gasteiger partial charge in [-0.2, -0.15) is 0 Å². The normalized spacial score (nSPS) is 23.8. The maximum Gasteiger partial charge on any atom is 0.169 e. The molecular weight excluding hydrogens is 260 g/mol. The lowest BCUT2D eigenvalue weighted by molar-refractivity contribution is 0.0905. The number of hydrogen-bond acceptors (Lipinski definition) is 2. The molecule has 0 aliphatic carbocycles. The van der Waals surface area contributed by atoms with Gasteiger partial charge in [-0.25, -0.2) is 8.78 Å². The first kappa shape index (κ1) is 15.1. The van der Waals surface area contributed by atoms with Gasteiger partial charge >= 0.3 is 0 Å². The standard InChI is InChI=1S/C16H21F2NO/c1-11-6-8-19(12(2)10-11)9-7-15(20)13-4-3-5-14(17)16(13)18/h3-5,11-12H,6-10H2,1-2H3.